The number of pyridine rings is 1. The van der Waals surface area contributed by atoms with Crippen molar-refractivity contribution in [2.45, 2.75) is 0 Å². The zero-order chi connectivity index (χ0) is 17.9. The minimum atomic E-state index is -3.91. The molecule has 0 saturated heterocycles. The third-order valence-electron chi connectivity index (χ3n) is 2.67. The van der Waals surface area contributed by atoms with Gasteiger partial charge in [0.25, 0.3) is 5.91 Å². The third kappa shape index (κ3) is 4.38. The highest BCUT2D eigenvalue weighted by atomic mass is 32.2. The van der Waals surface area contributed by atoms with E-state index in [0.717, 1.165) is 0 Å². The molecule has 0 aliphatic carbocycles. The maximum absolute atomic E-state index is 14.0. The number of benzene rings is 1. The van der Waals surface area contributed by atoms with E-state index in [4.69, 9.17) is 9.47 Å². The summed E-state index contributed by atoms with van der Waals surface area (Å²) in [5, 5.41) is 0. The first-order valence-electron chi connectivity index (χ1n) is 6.39. The first kappa shape index (κ1) is 17.6. The van der Waals surface area contributed by atoms with Crippen LogP contribution in [0.1, 0.15) is 10.4 Å². The van der Waals surface area contributed by atoms with Gasteiger partial charge in [-0.05, 0) is 6.07 Å². The highest BCUT2D eigenvalue weighted by Crippen LogP contribution is 2.27. The smallest absolute Gasteiger partial charge is 0.267 e. The number of sulfonamides is 1. The van der Waals surface area contributed by atoms with Crippen LogP contribution in [-0.2, 0) is 10.0 Å². The zero-order valence-electron chi connectivity index (χ0n) is 12.5. The van der Waals surface area contributed by atoms with Gasteiger partial charge in [-0.2, -0.15) is 4.98 Å². The molecular weight excluding hydrogens is 346 g/mol. The van der Waals surface area contributed by atoms with E-state index in [2.05, 4.69) is 4.98 Å². The molecule has 0 unspecified atom stereocenters. The lowest BCUT2D eigenvalue weighted by Crippen LogP contribution is -2.30. The van der Waals surface area contributed by atoms with E-state index in [1.54, 1.807) is 4.72 Å². The molecule has 24 heavy (non-hydrogen) atoms. The predicted octanol–water partition coefficient (Wildman–Crippen LogP) is 1.85. The summed E-state index contributed by atoms with van der Waals surface area (Å²) in [6, 6.07) is 5.61. The molecule has 0 fully saturated rings. The largest absolute Gasteiger partial charge is 0.481 e. The Balaban J connectivity index is 2.31. The predicted molar refractivity (Wildman–Crippen MR) is 79.5 cm³/mol. The normalized spacial score (nSPS) is 11.0. The molecule has 0 bridgehead atoms. The van der Waals surface area contributed by atoms with Crippen molar-refractivity contribution in [1.82, 2.24) is 9.71 Å². The Bertz CT molecular complexity index is 887. The van der Waals surface area contributed by atoms with Gasteiger partial charge in [-0.3, -0.25) is 4.79 Å². The number of carbonyl (C=O) groups is 1. The maximum Gasteiger partial charge on any atom is 0.267 e. The summed E-state index contributed by atoms with van der Waals surface area (Å²) in [5.41, 5.74) is -0.774. The van der Waals surface area contributed by atoms with Crippen molar-refractivity contribution < 1.29 is 31.5 Å². The second-order valence-electron chi connectivity index (χ2n) is 4.59. The van der Waals surface area contributed by atoms with Crippen molar-refractivity contribution in [3.63, 3.8) is 0 Å². The second kappa shape index (κ2) is 6.79. The molecule has 0 atom stereocenters. The molecule has 2 rings (SSSR count). The highest BCUT2D eigenvalue weighted by molar-refractivity contribution is 7.89. The van der Waals surface area contributed by atoms with Gasteiger partial charge in [0.05, 0.1) is 18.9 Å². The number of aromatic nitrogens is 1. The average molecular weight is 358 g/mol. The molecular formula is C14H12F2N2O5S. The molecule has 1 amide bonds. The van der Waals surface area contributed by atoms with Gasteiger partial charge in [-0.25, -0.2) is 21.9 Å². The molecule has 1 aromatic heterocycles. The number of rotatable bonds is 5. The molecule has 0 radical (unpaired) electrons. The Morgan fingerprint density at radius 2 is 1.83 bits per heavy atom. The van der Waals surface area contributed by atoms with Crippen LogP contribution < -0.4 is 14.2 Å². The van der Waals surface area contributed by atoms with E-state index in [1.807, 2.05) is 0 Å². The number of hydrogen-bond donors (Lipinski definition) is 1. The molecule has 0 spiro atoms. The molecule has 1 N–H and O–H groups in total. The average Bonchev–Trinajstić information content (AvgIpc) is 2.49. The van der Waals surface area contributed by atoms with E-state index in [-0.39, 0.29) is 11.8 Å². The molecule has 1 heterocycles. The fourth-order valence-electron chi connectivity index (χ4n) is 1.68. The van der Waals surface area contributed by atoms with Crippen LogP contribution in [-0.4, -0.2) is 32.7 Å². The number of methoxy groups -OCH3 is 1. The minimum Gasteiger partial charge on any atom is -0.481 e. The molecule has 128 valence electrons. The summed E-state index contributed by atoms with van der Waals surface area (Å²) in [6.45, 7) is 0. The fraction of sp³-hybridized carbons (Fsp3) is 0.143. The number of hydrogen-bond acceptors (Lipinski definition) is 6. The highest BCUT2D eigenvalue weighted by Gasteiger charge is 2.20. The summed E-state index contributed by atoms with van der Waals surface area (Å²) >= 11 is 0. The van der Waals surface area contributed by atoms with Crippen LogP contribution in [0, 0.1) is 11.6 Å². The summed E-state index contributed by atoms with van der Waals surface area (Å²) in [7, 11) is -2.53. The lowest BCUT2D eigenvalue weighted by Gasteiger charge is -2.09. The number of nitrogens with zero attached hydrogens (tertiary/aromatic N) is 1. The van der Waals surface area contributed by atoms with Crippen LogP contribution in [0.2, 0.25) is 0 Å². The summed E-state index contributed by atoms with van der Waals surface area (Å²) in [6.07, 6.45) is 0.713. The van der Waals surface area contributed by atoms with E-state index in [0.29, 0.717) is 18.4 Å². The van der Waals surface area contributed by atoms with E-state index >= 15 is 0 Å². The number of carbonyl (C=O) groups excluding carboxylic acids is 1. The lowest BCUT2D eigenvalue weighted by molar-refractivity contribution is 0.0977. The van der Waals surface area contributed by atoms with Crippen LogP contribution in [0.3, 0.4) is 0 Å². The Hall–Kier alpha value is -2.75. The van der Waals surface area contributed by atoms with Gasteiger partial charge in [0, 0.05) is 18.2 Å². The van der Waals surface area contributed by atoms with Crippen molar-refractivity contribution in [3.8, 4) is 17.5 Å². The minimum absolute atomic E-state index is 0.0546. The third-order valence-corrected chi connectivity index (χ3v) is 3.22. The Kier molecular flexibility index (Phi) is 4.98. The van der Waals surface area contributed by atoms with Crippen molar-refractivity contribution in [2.24, 2.45) is 0 Å². The SMILES string of the molecule is COc1cccc(Oc2cc(F)c(C(=O)NS(C)(=O)=O)cc2F)n1. The maximum atomic E-state index is 14.0. The van der Waals surface area contributed by atoms with Gasteiger partial charge in [0.15, 0.2) is 11.6 Å². The van der Waals surface area contributed by atoms with Crippen LogP contribution >= 0.6 is 0 Å². The Morgan fingerprint density at radius 1 is 1.17 bits per heavy atom. The summed E-state index contributed by atoms with van der Waals surface area (Å²) < 4.78 is 61.5. The number of halogens is 2. The van der Waals surface area contributed by atoms with Gasteiger partial charge >= 0.3 is 0 Å². The number of nitrogens with one attached hydrogen (secondary N) is 1. The molecule has 10 heteroatoms. The molecule has 2 aromatic rings. The van der Waals surface area contributed by atoms with Gasteiger partial charge in [0.2, 0.25) is 21.8 Å². The van der Waals surface area contributed by atoms with Crippen LogP contribution in [0.15, 0.2) is 30.3 Å². The molecule has 0 aliphatic rings. The zero-order valence-corrected chi connectivity index (χ0v) is 13.4. The molecule has 1 aromatic carbocycles. The van der Waals surface area contributed by atoms with E-state index in [9.17, 15) is 22.0 Å². The topological polar surface area (TPSA) is 94.6 Å². The van der Waals surface area contributed by atoms with Crippen molar-refractivity contribution in [1.29, 1.82) is 0 Å². The Morgan fingerprint density at radius 3 is 2.46 bits per heavy atom. The quantitative estimate of drug-likeness (QED) is 0.877. The number of ether oxygens (including phenoxy) is 2. The van der Waals surface area contributed by atoms with Crippen molar-refractivity contribution in [2.75, 3.05) is 13.4 Å². The van der Waals surface area contributed by atoms with E-state index < -0.39 is 38.9 Å². The monoisotopic (exact) mass is 358 g/mol. The molecule has 0 saturated carbocycles. The fourth-order valence-corrected chi connectivity index (χ4v) is 2.13. The molecule has 7 nitrogen and oxygen atoms in total. The van der Waals surface area contributed by atoms with Crippen LogP contribution in [0.4, 0.5) is 8.78 Å². The molecule has 0 aliphatic heterocycles. The second-order valence-corrected chi connectivity index (χ2v) is 6.33. The lowest BCUT2D eigenvalue weighted by atomic mass is 10.2. The van der Waals surface area contributed by atoms with Crippen molar-refractivity contribution in [3.05, 3.63) is 47.5 Å². The van der Waals surface area contributed by atoms with Gasteiger partial charge in [-0.15, -0.1) is 0 Å². The van der Waals surface area contributed by atoms with Gasteiger partial charge < -0.3 is 9.47 Å². The van der Waals surface area contributed by atoms with Gasteiger partial charge in [-0.1, -0.05) is 6.07 Å². The van der Waals surface area contributed by atoms with Crippen LogP contribution in [0.25, 0.3) is 0 Å². The first-order chi connectivity index (χ1) is 11.2. The first-order valence-corrected chi connectivity index (χ1v) is 8.29. The standard InChI is InChI=1S/C14H12F2N2O5S/c1-22-12-4-3-5-13(17-12)23-11-7-9(15)8(6-10(11)16)14(19)18-24(2,20)21/h3-7H,1-2H3,(H,18,19). The number of amides is 1. The van der Waals surface area contributed by atoms with Gasteiger partial charge in [0.1, 0.15) is 5.82 Å². The van der Waals surface area contributed by atoms with Crippen molar-refractivity contribution >= 4 is 15.9 Å². The van der Waals surface area contributed by atoms with E-state index in [1.165, 1.54) is 25.3 Å². The van der Waals surface area contributed by atoms with Crippen LogP contribution in [0.5, 0.6) is 17.5 Å². The Labute approximate surface area is 136 Å². The summed E-state index contributed by atoms with van der Waals surface area (Å²) in [4.78, 5) is 15.5. The summed E-state index contributed by atoms with van der Waals surface area (Å²) in [5.74, 6) is -3.89.